The molecule has 0 N–H and O–H groups in total. The molecule has 1 atom stereocenters. The van der Waals surface area contributed by atoms with Gasteiger partial charge in [0.2, 0.25) is 5.95 Å². The van der Waals surface area contributed by atoms with Crippen LogP contribution in [0.2, 0.25) is 0 Å². The van der Waals surface area contributed by atoms with Gasteiger partial charge in [0.1, 0.15) is 11.5 Å². The van der Waals surface area contributed by atoms with Crippen molar-refractivity contribution in [2.45, 2.75) is 25.9 Å². The van der Waals surface area contributed by atoms with Gasteiger partial charge in [-0.2, -0.15) is 0 Å². The zero-order valence-corrected chi connectivity index (χ0v) is 13.7. The first-order valence-electron chi connectivity index (χ1n) is 7.97. The molecule has 3 heterocycles. The summed E-state index contributed by atoms with van der Waals surface area (Å²) in [5.74, 6) is 2.53. The summed E-state index contributed by atoms with van der Waals surface area (Å²) in [6.07, 6.45) is 2.54. The lowest BCUT2D eigenvalue weighted by atomic mass is 10.0. The Morgan fingerprint density at radius 3 is 3.00 bits per heavy atom. The van der Waals surface area contributed by atoms with Crippen LogP contribution >= 0.6 is 0 Å². The summed E-state index contributed by atoms with van der Waals surface area (Å²) in [6.45, 7) is 3.30. The molecule has 2 aromatic heterocycles. The molecule has 124 valence electrons. The van der Waals surface area contributed by atoms with Crippen LogP contribution < -0.4 is 9.64 Å². The van der Waals surface area contributed by atoms with Crippen LogP contribution in [0.4, 0.5) is 5.95 Å². The first kappa shape index (κ1) is 14.7. The third kappa shape index (κ3) is 2.51. The van der Waals surface area contributed by atoms with Crippen molar-refractivity contribution in [3.05, 3.63) is 53.5 Å². The minimum Gasteiger partial charge on any atom is -0.493 e. The first-order valence-corrected chi connectivity index (χ1v) is 7.97. The molecule has 24 heavy (non-hydrogen) atoms. The van der Waals surface area contributed by atoms with Crippen molar-refractivity contribution in [2.75, 3.05) is 18.6 Å². The van der Waals surface area contributed by atoms with Gasteiger partial charge in [0.25, 0.3) is 0 Å². The summed E-state index contributed by atoms with van der Waals surface area (Å²) in [4.78, 5) is 2.00. The third-order valence-corrected chi connectivity index (χ3v) is 4.39. The minimum absolute atomic E-state index is 0.0695. The predicted molar refractivity (Wildman–Crippen MR) is 88.1 cm³/mol. The van der Waals surface area contributed by atoms with E-state index >= 15 is 0 Å². The molecule has 0 spiro atoms. The van der Waals surface area contributed by atoms with Crippen LogP contribution in [0.5, 0.6) is 5.75 Å². The second-order valence-corrected chi connectivity index (χ2v) is 6.00. The monoisotopic (exact) mass is 325 g/mol. The number of aryl methyl sites for hydroxylation is 1. The Labute approximate surface area is 139 Å². The molecule has 0 saturated carbocycles. The highest BCUT2D eigenvalue weighted by atomic mass is 16.5. The van der Waals surface area contributed by atoms with E-state index in [2.05, 4.69) is 21.6 Å². The maximum atomic E-state index is 5.74. The molecule has 0 saturated heterocycles. The Hall–Kier alpha value is -2.83. The van der Waals surface area contributed by atoms with Crippen LogP contribution in [0.25, 0.3) is 0 Å². The van der Waals surface area contributed by atoms with Crippen molar-refractivity contribution in [3.63, 3.8) is 0 Å². The Kier molecular flexibility index (Phi) is 3.68. The minimum atomic E-state index is 0.0695. The first-order chi connectivity index (χ1) is 11.7. The molecule has 1 unspecified atom stereocenters. The number of benzene rings is 1. The van der Waals surface area contributed by atoms with Crippen LogP contribution in [0.3, 0.4) is 0 Å². The highest BCUT2D eigenvalue weighted by Crippen LogP contribution is 2.35. The van der Waals surface area contributed by atoms with E-state index in [0.29, 0.717) is 19.1 Å². The van der Waals surface area contributed by atoms with E-state index in [1.165, 1.54) is 0 Å². The van der Waals surface area contributed by atoms with Crippen molar-refractivity contribution >= 4 is 5.95 Å². The molecule has 0 amide bonds. The Morgan fingerprint density at radius 2 is 2.17 bits per heavy atom. The lowest BCUT2D eigenvalue weighted by Gasteiger charge is -2.27. The fourth-order valence-electron chi connectivity index (χ4n) is 3.07. The molecule has 1 aromatic carbocycles. The Bertz CT molecular complexity index is 841. The fourth-order valence-corrected chi connectivity index (χ4v) is 3.07. The summed E-state index contributed by atoms with van der Waals surface area (Å²) in [7, 11) is 1.97. The zero-order valence-electron chi connectivity index (χ0n) is 13.7. The number of nitrogens with zero attached hydrogens (tertiary/aromatic N) is 5. The molecular formula is C17H19N5O2. The summed E-state index contributed by atoms with van der Waals surface area (Å²) < 4.78 is 13.2. The van der Waals surface area contributed by atoms with E-state index in [0.717, 1.165) is 29.1 Å². The van der Waals surface area contributed by atoms with E-state index in [9.17, 15) is 0 Å². The van der Waals surface area contributed by atoms with Gasteiger partial charge < -0.3 is 14.1 Å². The van der Waals surface area contributed by atoms with Gasteiger partial charge in [0.15, 0.2) is 0 Å². The average Bonchev–Trinajstić information content (AvgIpc) is 3.24. The number of aromatic nitrogens is 4. The van der Waals surface area contributed by atoms with E-state index in [4.69, 9.17) is 9.15 Å². The van der Waals surface area contributed by atoms with Gasteiger partial charge in [0.05, 0.1) is 25.5 Å². The molecule has 7 nitrogen and oxygen atoms in total. The molecule has 0 bridgehead atoms. The zero-order chi connectivity index (χ0) is 16.5. The lowest BCUT2D eigenvalue weighted by Crippen LogP contribution is -2.27. The smallest absolute Gasteiger partial charge is 0.246 e. The van der Waals surface area contributed by atoms with E-state index in [1.54, 1.807) is 6.26 Å². The molecule has 1 aliphatic heterocycles. The summed E-state index contributed by atoms with van der Waals surface area (Å²) in [5.41, 5.74) is 2.23. The number of rotatable bonds is 4. The summed E-state index contributed by atoms with van der Waals surface area (Å²) in [6, 6.07) is 10.1. The molecule has 0 fully saturated rings. The molecular weight excluding hydrogens is 306 g/mol. The third-order valence-electron chi connectivity index (χ3n) is 4.39. The van der Waals surface area contributed by atoms with E-state index < -0.39 is 0 Å². The number of hydrogen-bond acceptors (Lipinski definition) is 6. The van der Waals surface area contributed by atoms with Crippen molar-refractivity contribution in [1.29, 1.82) is 0 Å². The van der Waals surface area contributed by atoms with Gasteiger partial charge in [-0.1, -0.05) is 23.3 Å². The molecule has 0 radical (unpaired) electrons. The molecule has 0 aliphatic carbocycles. The van der Waals surface area contributed by atoms with Crippen molar-refractivity contribution in [1.82, 2.24) is 20.2 Å². The number of ether oxygens (including phenoxy) is 1. The Balaban J connectivity index is 1.65. The van der Waals surface area contributed by atoms with E-state index in [-0.39, 0.29) is 6.04 Å². The predicted octanol–water partition coefficient (Wildman–Crippen LogP) is 2.58. The van der Waals surface area contributed by atoms with Gasteiger partial charge in [-0.15, -0.1) is 0 Å². The van der Waals surface area contributed by atoms with Gasteiger partial charge in [-0.3, -0.25) is 0 Å². The number of tetrazole rings is 1. The van der Waals surface area contributed by atoms with Crippen LogP contribution in [0.15, 0.2) is 41.0 Å². The normalized spacial score (nSPS) is 16.5. The Morgan fingerprint density at radius 1 is 1.29 bits per heavy atom. The van der Waals surface area contributed by atoms with Crippen molar-refractivity contribution in [3.8, 4) is 5.75 Å². The average molecular weight is 325 g/mol. The second-order valence-electron chi connectivity index (χ2n) is 6.00. The highest BCUT2D eigenvalue weighted by Gasteiger charge is 2.27. The highest BCUT2D eigenvalue weighted by molar-refractivity contribution is 5.40. The van der Waals surface area contributed by atoms with Crippen LogP contribution in [-0.2, 0) is 6.54 Å². The summed E-state index contributed by atoms with van der Waals surface area (Å²) in [5, 5.41) is 12.4. The maximum absolute atomic E-state index is 5.74. The van der Waals surface area contributed by atoms with Crippen LogP contribution in [-0.4, -0.2) is 33.9 Å². The number of furan rings is 1. The largest absolute Gasteiger partial charge is 0.493 e. The number of para-hydroxylation sites is 1. The molecule has 1 aliphatic rings. The fraction of sp³-hybridized carbons (Fsp3) is 0.353. The molecule has 3 aromatic rings. The van der Waals surface area contributed by atoms with Crippen molar-refractivity contribution < 1.29 is 9.15 Å². The van der Waals surface area contributed by atoms with Crippen LogP contribution in [0.1, 0.15) is 29.3 Å². The lowest BCUT2D eigenvalue weighted by molar-refractivity contribution is 0.249. The quantitative estimate of drug-likeness (QED) is 0.734. The number of hydrogen-bond donors (Lipinski definition) is 0. The van der Waals surface area contributed by atoms with Gasteiger partial charge in [0, 0.05) is 19.0 Å². The number of anilines is 1. The summed E-state index contributed by atoms with van der Waals surface area (Å²) >= 11 is 0. The standard InChI is InChI=1S/C17H19N5O2/c1-12-7-9-24-16(12)11-21(2)17-18-19-20-22(17)14-8-10-23-15-6-4-3-5-13(14)15/h3-7,9,14H,8,10-11H2,1-2H3. The van der Waals surface area contributed by atoms with Gasteiger partial charge >= 0.3 is 0 Å². The van der Waals surface area contributed by atoms with Crippen LogP contribution in [0, 0.1) is 6.92 Å². The SMILES string of the molecule is Cc1ccoc1CN(C)c1nnnn1C1CCOc2ccccc21. The van der Waals surface area contributed by atoms with Gasteiger partial charge in [-0.25, -0.2) is 4.68 Å². The second kappa shape index (κ2) is 5.99. The molecule has 7 heteroatoms. The number of fused-ring (bicyclic) bond motifs is 1. The molecule has 4 rings (SSSR count). The van der Waals surface area contributed by atoms with E-state index in [1.807, 2.05) is 47.8 Å². The maximum Gasteiger partial charge on any atom is 0.246 e. The van der Waals surface area contributed by atoms with Crippen molar-refractivity contribution in [2.24, 2.45) is 0 Å². The van der Waals surface area contributed by atoms with Gasteiger partial charge in [-0.05, 0) is 35.0 Å². The topological polar surface area (TPSA) is 69.2 Å².